The summed E-state index contributed by atoms with van der Waals surface area (Å²) in [5.74, 6) is 0.864. The van der Waals surface area contributed by atoms with E-state index in [1.165, 1.54) is 4.88 Å². The first-order chi connectivity index (χ1) is 7.81. The fraction of sp³-hybridized carbons (Fsp3) is 0.375. The predicted octanol–water partition coefficient (Wildman–Crippen LogP) is 1.75. The van der Waals surface area contributed by atoms with Crippen LogP contribution in [-0.2, 0) is 12.3 Å². The molecule has 86 valence electrons. The number of nitrogens with zero attached hydrogens (tertiary/aromatic N) is 4. The Morgan fingerprint density at radius 3 is 3.12 bits per heavy atom. The van der Waals surface area contributed by atoms with Gasteiger partial charge in [0, 0.05) is 21.6 Å². The van der Waals surface area contributed by atoms with Gasteiger partial charge in [-0.1, -0.05) is 11.8 Å². The van der Waals surface area contributed by atoms with Gasteiger partial charge < -0.3 is 5.73 Å². The van der Waals surface area contributed by atoms with E-state index in [0.29, 0.717) is 13.1 Å². The van der Waals surface area contributed by atoms with E-state index in [-0.39, 0.29) is 0 Å². The molecule has 2 aromatic heterocycles. The molecule has 2 N–H and O–H groups in total. The molecule has 0 fully saturated rings. The fourth-order valence-electron chi connectivity index (χ4n) is 1.12. The molecule has 2 heterocycles. The van der Waals surface area contributed by atoms with Crippen LogP contribution in [0.5, 0.6) is 0 Å². The van der Waals surface area contributed by atoms with Gasteiger partial charge in [-0.15, -0.1) is 16.4 Å². The lowest BCUT2D eigenvalue weighted by Gasteiger charge is -2.01. The van der Waals surface area contributed by atoms with Crippen molar-refractivity contribution in [1.29, 1.82) is 0 Å². The van der Waals surface area contributed by atoms with Crippen molar-refractivity contribution in [2.45, 2.75) is 17.5 Å². The van der Waals surface area contributed by atoms with Crippen molar-refractivity contribution in [3.63, 3.8) is 0 Å². The van der Waals surface area contributed by atoms with Crippen molar-refractivity contribution in [3.8, 4) is 0 Å². The molecule has 0 amide bonds. The third-order valence-corrected chi connectivity index (χ3v) is 4.96. The lowest BCUT2D eigenvalue weighted by atomic mass is 10.5. The summed E-state index contributed by atoms with van der Waals surface area (Å²) >= 11 is 6.84. The van der Waals surface area contributed by atoms with Crippen LogP contribution < -0.4 is 5.73 Å². The topological polar surface area (TPSA) is 69.6 Å². The highest BCUT2D eigenvalue weighted by atomic mass is 79.9. The number of halogens is 1. The van der Waals surface area contributed by atoms with Gasteiger partial charge in [0.25, 0.3) is 0 Å². The van der Waals surface area contributed by atoms with Crippen molar-refractivity contribution in [3.05, 3.63) is 20.8 Å². The van der Waals surface area contributed by atoms with E-state index in [4.69, 9.17) is 5.73 Å². The summed E-state index contributed by atoms with van der Waals surface area (Å²) in [6.07, 6.45) is 0. The van der Waals surface area contributed by atoms with E-state index in [1.54, 1.807) is 27.8 Å². The van der Waals surface area contributed by atoms with Crippen molar-refractivity contribution in [1.82, 2.24) is 20.2 Å². The number of thioether (sulfide) groups is 1. The Morgan fingerprint density at radius 2 is 2.44 bits per heavy atom. The highest BCUT2D eigenvalue weighted by molar-refractivity contribution is 9.10. The van der Waals surface area contributed by atoms with E-state index in [0.717, 1.165) is 15.4 Å². The van der Waals surface area contributed by atoms with Crippen molar-refractivity contribution >= 4 is 39.0 Å². The second-order valence-corrected chi connectivity index (χ2v) is 5.75. The highest BCUT2D eigenvalue weighted by Crippen LogP contribution is 2.29. The second kappa shape index (κ2) is 5.76. The minimum Gasteiger partial charge on any atom is -0.329 e. The number of rotatable bonds is 5. The maximum absolute atomic E-state index is 5.47. The van der Waals surface area contributed by atoms with Gasteiger partial charge in [-0.3, -0.25) is 0 Å². The van der Waals surface area contributed by atoms with Gasteiger partial charge in [0.05, 0.1) is 6.54 Å². The van der Waals surface area contributed by atoms with Crippen LogP contribution in [0.15, 0.2) is 21.1 Å². The molecule has 0 saturated carbocycles. The number of hydrogen-bond acceptors (Lipinski definition) is 6. The van der Waals surface area contributed by atoms with Gasteiger partial charge in [-0.25, -0.2) is 4.68 Å². The number of thiophene rings is 1. The third-order valence-electron chi connectivity index (χ3n) is 1.86. The molecule has 0 aliphatic heterocycles. The minimum atomic E-state index is 0.543. The summed E-state index contributed by atoms with van der Waals surface area (Å²) in [5.41, 5.74) is 5.47. The zero-order valence-corrected chi connectivity index (χ0v) is 11.6. The van der Waals surface area contributed by atoms with E-state index in [1.807, 2.05) is 6.07 Å². The summed E-state index contributed by atoms with van der Waals surface area (Å²) in [6, 6.07) is 2.05. The second-order valence-electron chi connectivity index (χ2n) is 2.95. The molecular weight excluding hydrogens is 310 g/mol. The van der Waals surface area contributed by atoms with E-state index in [9.17, 15) is 0 Å². The number of aromatic nitrogens is 4. The molecule has 0 atom stereocenters. The Labute approximate surface area is 110 Å². The molecule has 8 heteroatoms. The Bertz CT molecular complexity index is 455. The first-order valence-corrected chi connectivity index (χ1v) is 7.28. The molecule has 0 aliphatic rings. The average molecular weight is 320 g/mol. The standard InChI is InChI=1S/C8H10BrN5S2/c9-6-1-4-15-7(6)5-16-8-11-12-13-14(8)3-2-10/h1,4H,2-3,5,10H2. The summed E-state index contributed by atoms with van der Waals surface area (Å²) in [6.45, 7) is 1.20. The van der Waals surface area contributed by atoms with Crippen LogP contribution in [0.1, 0.15) is 4.88 Å². The van der Waals surface area contributed by atoms with Crippen molar-refractivity contribution in [2.75, 3.05) is 6.54 Å². The molecule has 2 aromatic rings. The van der Waals surface area contributed by atoms with E-state index in [2.05, 4.69) is 36.8 Å². The van der Waals surface area contributed by atoms with E-state index < -0.39 is 0 Å². The number of nitrogens with two attached hydrogens (primary N) is 1. The molecule has 0 unspecified atom stereocenters. The van der Waals surface area contributed by atoms with Gasteiger partial charge in [0.1, 0.15) is 0 Å². The van der Waals surface area contributed by atoms with Crippen LogP contribution in [-0.4, -0.2) is 26.8 Å². The van der Waals surface area contributed by atoms with Gasteiger partial charge in [-0.2, -0.15) is 0 Å². The van der Waals surface area contributed by atoms with Crippen LogP contribution in [0, 0.1) is 0 Å². The molecule has 0 aliphatic carbocycles. The van der Waals surface area contributed by atoms with Crippen molar-refractivity contribution < 1.29 is 0 Å². The molecule has 0 bridgehead atoms. The number of hydrogen-bond donors (Lipinski definition) is 1. The van der Waals surface area contributed by atoms with Crippen LogP contribution in [0.3, 0.4) is 0 Å². The molecule has 2 rings (SSSR count). The van der Waals surface area contributed by atoms with Crippen molar-refractivity contribution in [2.24, 2.45) is 5.73 Å². The van der Waals surface area contributed by atoms with Crippen LogP contribution in [0.4, 0.5) is 0 Å². The van der Waals surface area contributed by atoms with E-state index >= 15 is 0 Å². The van der Waals surface area contributed by atoms with Gasteiger partial charge in [0.2, 0.25) is 5.16 Å². The van der Waals surface area contributed by atoms with Crippen LogP contribution in [0.25, 0.3) is 0 Å². The monoisotopic (exact) mass is 319 g/mol. The molecule has 0 spiro atoms. The first kappa shape index (κ1) is 12.0. The Balaban J connectivity index is 1.99. The summed E-state index contributed by atoms with van der Waals surface area (Å²) < 4.78 is 2.87. The Hall–Kier alpha value is -0.440. The molecule has 5 nitrogen and oxygen atoms in total. The largest absolute Gasteiger partial charge is 0.329 e. The lowest BCUT2D eigenvalue weighted by Crippen LogP contribution is -2.12. The fourth-order valence-corrected chi connectivity index (χ4v) is 3.82. The summed E-state index contributed by atoms with van der Waals surface area (Å²) in [7, 11) is 0. The Morgan fingerprint density at radius 1 is 1.56 bits per heavy atom. The SMILES string of the molecule is NCCn1nnnc1SCc1sccc1Br. The van der Waals surface area contributed by atoms with Gasteiger partial charge in [0.15, 0.2) is 0 Å². The van der Waals surface area contributed by atoms with Gasteiger partial charge in [-0.05, 0) is 37.8 Å². The quantitative estimate of drug-likeness (QED) is 0.850. The zero-order valence-electron chi connectivity index (χ0n) is 8.34. The normalized spacial score (nSPS) is 10.9. The summed E-state index contributed by atoms with van der Waals surface area (Å²) in [4.78, 5) is 1.28. The smallest absolute Gasteiger partial charge is 0.209 e. The molecule has 16 heavy (non-hydrogen) atoms. The molecule has 0 aromatic carbocycles. The van der Waals surface area contributed by atoms with Gasteiger partial charge >= 0.3 is 0 Å². The zero-order chi connectivity index (χ0) is 11.4. The predicted molar refractivity (Wildman–Crippen MR) is 68.5 cm³/mol. The molecular formula is C8H10BrN5S2. The first-order valence-electron chi connectivity index (χ1n) is 4.62. The highest BCUT2D eigenvalue weighted by Gasteiger charge is 2.08. The summed E-state index contributed by atoms with van der Waals surface area (Å²) in [5, 5.41) is 14.3. The average Bonchev–Trinajstić information content (AvgIpc) is 2.86. The lowest BCUT2D eigenvalue weighted by molar-refractivity contribution is 0.557. The molecule has 0 saturated heterocycles. The molecule has 0 radical (unpaired) electrons. The maximum atomic E-state index is 5.47. The third kappa shape index (κ3) is 2.82. The Kier molecular flexibility index (Phi) is 4.33. The van der Waals surface area contributed by atoms with Crippen LogP contribution >= 0.6 is 39.0 Å². The van der Waals surface area contributed by atoms with Crippen LogP contribution in [0.2, 0.25) is 0 Å². The number of tetrazole rings is 1. The minimum absolute atomic E-state index is 0.543. The maximum Gasteiger partial charge on any atom is 0.209 e.